The summed E-state index contributed by atoms with van der Waals surface area (Å²) in [5, 5.41) is 5.66. The van der Waals surface area contributed by atoms with E-state index >= 15 is 0 Å². The standard InChI is InChI=1S/C13H16N2O/c1-9(2)6-12-11-5-4-10(8-16)7-13(11)15(3)14-12/h4-5,7-9H,6H2,1-3H3. The second-order valence-electron chi connectivity index (χ2n) is 4.56. The Morgan fingerprint density at radius 1 is 1.44 bits per heavy atom. The molecule has 3 nitrogen and oxygen atoms in total. The first-order valence-corrected chi connectivity index (χ1v) is 5.52. The maximum Gasteiger partial charge on any atom is 0.150 e. The first-order valence-electron chi connectivity index (χ1n) is 5.52. The molecule has 0 N–H and O–H groups in total. The Balaban J connectivity index is 2.57. The molecule has 0 aliphatic carbocycles. The molecule has 1 heterocycles. The van der Waals surface area contributed by atoms with Gasteiger partial charge in [-0.25, -0.2) is 0 Å². The number of benzene rings is 1. The molecule has 16 heavy (non-hydrogen) atoms. The van der Waals surface area contributed by atoms with Gasteiger partial charge < -0.3 is 0 Å². The molecule has 0 atom stereocenters. The van der Waals surface area contributed by atoms with Gasteiger partial charge in [-0.3, -0.25) is 9.48 Å². The largest absolute Gasteiger partial charge is 0.298 e. The predicted octanol–water partition coefficient (Wildman–Crippen LogP) is 2.58. The van der Waals surface area contributed by atoms with Crippen molar-refractivity contribution >= 4 is 17.2 Å². The van der Waals surface area contributed by atoms with Crippen molar-refractivity contribution < 1.29 is 4.79 Å². The molecule has 0 bridgehead atoms. The number of carbonyl (C=O) groups is 1. The van der Waals surface area contributed by atoms with Crippen molar-refractivity contribution in [3.05, 3.63) is 29.5 Å². The molecule has 0 aliphatic heterocycles. The molecule has 0 unspecified atom stereocenters. The molecule has 1 aromatic carbocycles. The second kappa shape index (κ2) is 4.08. The summed E-state index contributed by atoms with van der Waals surface area (Å²) in [7, 11) is 1.92. The number of rotatable bonds is 3. The Morgan fingerprint density at radius 3 is 2.81 bits per heavy atom. The molecule has 3 heteroatoms. The first-order chi connectivity index (χ1) is 7.61. The molecule has 0 aliphatic rings. The van der Waals surface area contributed by atoms with E-state index in [-0.39, 0.29) is 0 Å². The highest BCUT2D eigenvalue weighted by Gasteiger charge is 2.10. The lowest BCUT2D eigenvalue weighted by Crippen LogP contribution is -1.96. The lowest BCUT2D eigenvalue weighted by Gasteiger charge is -2.00. The van der Waals surface area contributed by atoms with Gasteiger partial charge in [-0.1, -0.05) is 26.0 Å². The van der Waals surface area contributed by atoms with E-state index in [0.29, 0.717) is 11.5 Å². The maximum atomic E-state index is 10.7. The molecule has 0 saturated carbocycles. The van der Waals surface area contributed by atoms with E-state index < -0.39 is 0 Å². The monoisotopic (exact) mass is 216 g/mol. The highest BCUT2D eigenvalue weighted by atomic mass is 16.1. The van der Waals surface area contributed by atoms with E-state index in [4.69, 9.17) is 0 Å². The molecule has 0 saturated heterocycles. The van der Waals surface area contributed by atoms with Crippen LogP contribution in [0.2, 0.25) is 0 Å². The zero-order valence-corrected chi connectivity index (χ0v) is 9.90. The van der Waals surface area contributed by atoms with Crippen molar-refractivity contribution in [2.75, 3.05) is 0 Å². The maximum absolute atomic E-state index is 10.7. The van der Waals surface area contributed by atoms with Gasteiger partial charge in [0.25, 0.3) is 0 Å². The average molecular weight is 216 g/mol. The number of fused-ring (bicyclic) bond motifs is 1. The van der Waals surface area contributed by atoms with E-state index in [1.807, 2.05) is 29.9 Å². The highest BCUT2D eigenvalue weighted by molar-refractivity contribution is 5.88. The third kappa shape index (κ3) is 1.85. The lowest BCUT2D eigenvalue weighted by molar-refractivity contribution is 0.112. The minimum Gasteiger partial charge on any atom is -0.298 e. The van der Waals surface area contributed by atoms with Crippen molar-refractivity contribution in [2.24, 2.45) is 13.0 Å². The number of carbonyl (C=O) groups excluding carboxylic acids is 1. The van der Waals surface area contributed by atoms with Crippen LogP contribution in [0.3, 0.4) is 0 Å². The van der Waals surface area contributed by atoms with Gasteiger partial charge in [0, 0.05) is 18.0 Å². The van der Waals surface area contributed by atoms with E-state index in [0.717, 1.165) is 29.3 Å². The van der Waals surface area contributed by atoms with E-state index in [9.17, 15) is 4.79 Å². The summed E-state index contributed by atoms with van der Waals surface area (Å²) in [6, 6.07) is 5.73. The molecule has 2 rings (SSSR count). The van der Waals surface area contributed by atoms with Crippen LogP contribution in [0.25, 0.3) is 10.9 Å². The second-order valence-corrected chi connectivity index (χ2v) is 4.56. The zero-order valence-electron chi connectivity index (χ0n) is 9.90. The Kier molecular flexibility index (Phi) is 2.77. The van der Waals surface area contributed by atoms with E-state index in [1.165, 1.54) is 0 Å². The minimum absolute atomic E-state index is 0.587. The molecule has 1 aromatic heterocycles. The van der Waals surface area contributed by atoms with E-state index in [1.54, 1.807) is 0 Å². The third-order valence-corrected chi connectivity index (χ3v) is 2.69. The van der Waals surface area contributed by atoms with Crippen molar-refractivity contribution in [1.29, 1.82) is 0 Å². The summed E-state index contributed by atoms with van der Waals surface area (Å²) in [4.78, 5) is 10.7. The summed E-state index contributed by atoms with van der Waals surface area (Å²) < 4.78 is 1.85. The van der Waals surface area contributed by atoms with Gasteiger partial charge in [0.1, 0.15) is 6.29 Å². The van der Waals surface area contributed by atoms with Crippen molar-refractivity contribution in [2.45, 2.75) is 20.3 Å². The third-order valence-electron chi connectivity index (χ3n) is 2.69. The minimum atomic E-state index is 0.587. The van der Waals surface area contributed by atoms with Crippen molar-refractivity contribution in [1.82, 2.24) is 9.78 Å². The summed E-state index contributed by atoms with van der Waals surface area (Å²) in [6.07, 6.45) is 1.84. The summed E-state index contributed by atoms with van der Waals surface area (Å²) in [6.45, 7) is 4.36. The highest BCUT2D eigenvalue weighted by Crippen LogP contribution is 2.21. The predicted molar refractivity (Wildman–Crippen MR) is 64.6 cm³/mol. The smallest absolute Gasteiger partial charge is 0.150 e. The van der Waals surface area contributed by atoms with E-state index in [2.05, 4.69) is 18.9 Å². The van der Waals surface area contributed by atoms with Crippen LogP contribution in [0.4, 0.5) is 0 Å². The molecular formula is C13H16N2O. The van der Waals surface area contributed by atoms with Crippen LogP contribution < -0.4 is 0 Å². The summed E-state index contributed by atoms with van der Waals surface area (Å²) >= 11 is 0. The van der Waals surface area contributed by atoms with Crippen LogP contribution in [0, 0.1) is 5.92 Å². The number of aryl methyl sites for hydroxylation is 1. The number of aromatic nitrogens is 2. The fourth-order valence-electron chi connectivity index (χ4n) is 1.96. The number of nitrogens with zero attached hydrogens (tertiary/aromatic N) is 2. The molecule has 0 fully saturated rings. The van der Waals surface area contributed by atoms with Gasteiger partial charge in [0.15, 0.2) is 0 Å². The number of aldehydes is 1. The Hall–Kier alpha value is -1.64. The van der Waals surface area contributed by atoms with Gasteiger partial charge in [0.05, 0.1) is 11.2 Å². The van der Waals surface area contributed by atoms with Gasteiger partial charge in [-0.05, 0) is 18.4 Å². The Labute approximate surface area is 95.1 Å². The van der Waals surface area contributed by atoms with Crippen LogP contribution >= 0.6 is 0 Å². The quantitative estimate of drug-likeness (QED) is 0.739. The van der Waals surface area contributed by atoms with Crippen molar-refractivity contribution in [3.63, 3.8) is 0 Å². The molecule has 84 valence electrons. The Morgan fingerprint density at radius 2 is 2.19 bits per heavy atom. The molecule has 2 aromatic rings. The van der Waals surface area contributed by atoms with Crippen LogP contribution in [-0.4, -0.2) is 16.1 Å². The number of hydrogen-bond acceptors (Lipinski definition) is 2. The van der Waals surface area contributed by atoms with Crippen LogP contribution in [0.5, 0.6) is 0 Å². The van der Waals surface area contributed by atoms with Crippen LogP contribution in [0.1, 0.15) is 29.9 Å². The normalized spacial score (nSPS) is 11.2. The molecular weight excluding hydrogens is 200 g/mol. The van der Waals surface area contributed by atoms with Crippen LogP contribution in [0.15, 0.2) is 18.2 Å². The summed E-state index contributed by atoms with van der Waals surface area (Å²) in [5.41, 5.74) is 2.84. The average Bonchev–Trinajstić information content (AvgIpc) is 2.54. The number of hydrogen-bond donors (Lipinski definition) is 0. The fourth-order valence-corrected chi connectivity index (χ4v) is 1.96. The topological polar surface area (TPSA) is 34.9 Å². The molecule has 0 radical (unpaired) electrons. The van der Waals surface area contributed by atoms with Gasteiger partial charge in [-0.2, -0.15) is 5.10 Å². The van der Waals surface area contributed by atoms with Gasteiger partial charge >= 0.3 is 0 Å². The van der Waals surface area contributed by atoms with Crippen molar-refractivity contribution in [3.8, 4) is 0 Å². The first kappa shape index (κ1) is 10.9. The zero-order chi connectivity index (χ0) is 11.7. The lowest BCUT2D eigenvalue weighted by atomic mass is 10.0. The van der Waals surface area contributed by atoms with Crippen LogP contribution in [-0.2, 0) is 13.5 Å². The fraction of sp³-hybridized carbons (Fsp3) is 0.385. The van der Waals surface area contributed by atoms with Gasteiger partial charge in [-0.15, -0.1) is 0 Å². The van der Waals surface area contributed by atoms with Gasteiger partial charge in [0.2, 0.25) is 0 Å². The molecule has 0 amide bonds. The Bertz CT molecular complexity index is 526. The summed E-state index contributed by atoms with van der Waals surface area (Å²) in [5.74, 6) is 0.587. The molecule has 0 spiro atoms. The SMILES string of the molecule is CC(C)Cc1nn(C)c2cc(C=O)ccc12.